The highest BCUT2D eigenvalue weighted by atomic mass is 16.5. The molecule has 5 nitrogen and oxygen atoms in total. The minimum absolute atomic E-state index is 0.389. The molecule has 2 aliphatic carbocycles. The van der Waals surface area contributed by atoms with Gasteiger partial charge in [-0.3, -0.25) is 4.99 Å². The van der Waals surface area contributed by atoms with Crippen LogP contribution >= 0.6 is 0 Å². The van der Waals surface area contributed by atoms with Crippen LogP contribution in [-0.2, 0) is 11.2 Å². The largest absolute Gasteiger partial charge is 0.469 e. The van der Waals surface area contributed by atoms with Gasteiger partial charge in [0.2, 0.25) is 0 Å². The SMILES string of the molecule is CN=C(NCCc1ccco1)NC1C2CCOC2C12CCC2. The van der Waals surface area contributed by atoms with Crippen LogP contribution in [0.4, 0.5) is 0 Å². The second kappa shape index (κ2) is 5.61. The van der Waals surface area contributed by atoms with Crippen molar-refractivity contribution in [3.05, 3.63) is 24.2 Å². The fourth-order valence-corrected chi connectivity index (χ4v) is 4.56. The number of guanidine groups is 1. The molecular formula is C17H25N3O2. The lowest BCUT2D eigenvalue weighted by Crippen LogP contribution is -2.72. The van der Waals surface area contributed by atoms with Crippen LogP contribution in [0, 0.1) is 11.3 Å². The van der Waals surface area contributed by atoms with E-state index >= 15 is 0 Å². The molecule has 5 heteroatoms. The van der Waals surface area contributed by atoms with E-state index in [1.54, 1.807) is 6.26 Å². The number of furan rings is 1. The summed E-state index contributed by atoms with van der Waals surface area (Å²) in [6, 6.07) is 4.47. The minimum Gasteiger partial charge on any atom is -0.469 e. The van der Waals surface area contributed by atoms with E-state index in [4.69, 9.17) is 9.15 Å². The van der Waals surface area contributed by atoms with E-state index in [0.717, 1.165) is 31.3 Å². The summed E-state index contributed by atoms with van der Waals surface area (Å²) < 4.78 is 11.3. The van der Waals surface area contributed by atoms with Crippen LogP contribution in [0.15, 0.2) is 27.8 Å². The number of hydrogen-bond acceptors (Lipinski definition) is 3. The highest BCUT2D eigenvalue weighted by Gasteiger charge is 2.66. The molecule has 4 rings (SSSR count). The van der Waals surface area contributed by atoms with Crippen molar-refractivity contribution in [2.24, 2.45) is 16.3 Å². The molecule has 3 aliphatic rings. The number of aliphatic imine (C=N–C) groups is 1. The lowest BCUT2D eigenvalue weighted by Gasteiger charge is -2.63. The first-order chi connectivity index (χ1) is 10.8. The number of rotatable bonds is 4. The third-order valence-electron chi connectivity index (χ3n) is 5.80. The minimum atomic E-state index is 0.389. The van der Waals surface area contributed by atoms with Gasteiger partial charge in [0.25, 0.3) is 0 Å². The molecule has 0 radical (unpaired) electrons. The second-order valence-corrected chi connectivity index (χ2v) is 6.78. The maximum absolute atomic E-state index is 5.97. The zero-order chi connectivity index (χ0) is 15.0. The lowest BCUT2D eigenvalue weighted by atomic mass is 9.46. The average molecular weight is 303 g/mol. The summed E-state index contributed by atoms with van der Waals surface area (Å²) in [5.74, 6) is 2.59. The van der Waals surface area contributed by atoms with Crippen LogP contribution in [0.3, 0.4) is 0 Å². The molecular weight excluding hydrogens is 278 g/mol. The smallest absolute Gasteiger partial charge is 0.191 e. The van der Waals surface area contributed by atoms with Gasteiger partial charge >= 0.3 is 0 Å². The van der Waals surface area contributed by atoms with E-state index in [1.807, 2.05) is 19.2 Å². The molecule has 2 heterocycles. The third kappa shape index (κ3) is 2.14. The van der Waals surface area contributed by atoms with Crippen molar-refractivity contribution in [3.63, 3.8) is 0 Å². The molecule has 3 unspecified atom stereocenters. The summed E-state index contributed by atoms with van der Waals surface area (Å²) in [4.78, 5) is 4.39. The van der Waals surface area contributed by atoms with Gasteiger partial charge in [-0.2, -0.15) is 0 Å². The van der Waals surface area contributed by atoms with Gasteiger partial charge in [-0.1, -0.05) is 6.42 Å². The number of nitrogens with zero attached hydrogens (tertiary/aromatic N) is 1. The van der Waals surface area contributed by atoms with Crippen LogP contribution in [-0.4, -0.2) is 38.3 Å². The molecule has 0 aromatic carbocycles. The number of hydrogen-bond donors (Lipinski definition) is 2. The van der Waals surface area contributed by atoms with Crippen molar-refractivity contribution in [2.45, 2.75) is 44.2 Å². The Balaban J connectivity index is 1.33. The van der Waals surface area contributed by atoms with E-state index < -0.39 is 0 Å². The Morgan fingerprint density at radius 1 is 1.45 bits per heavy atom. The first-order valence-corrected chi connectivity index (χ1v) is 8.45. The topological polar surface area (TPSA) is 58.8 Å². The molecule has 1 aromatic rings. The van der Waals surface area contributed by atoms with Gasteiger partial charge < -0.3 is 19.8 Å². The van der Waals surface area contributed by atoms with Crippen LogP contribution in [0.25, 0.3) is 0 Å². The van der Waals surface area contributed by atoms with E-state index in [9.17, 15) is 0 Å². The Bertz CT molecular complexity index is 536. The van der Waals surface area contributed by atoms with Gasteiger partial charge in [0, 0.05) is 44.0 Å². The van der Waals surface area contributed by atoms with Crippen molar-refractivity contribution in [1.82, 2.24) is 10.6 Å². The van der Waals surface area contributed by atoms with E-state index in [2.05, 4.69) is 15.6 Å². The van der Waals surface area contributed by atoms with Gasteiger partial charge in [-0.25, -0.2) is 0 Å². The Kier molecular flexibility index (Phi) is 3.60. The average Bonchev–Trinajstić information content (AvgIpc) is 3.11. The third-order valence-corrected chi connectivity index (χ3v) is 5.80. The molecule has 1 saturated heterocycles. The van der Waals surface area contributed by atoms with E-state index in [1.165, 1.54) is 25.7 Å². The molecule has 0 bridgehead atoms. The molecule has 1 aromatic heterocycles. The summed E-state index contributed by atoms with van der Waals surface area (Å²) in [6.07, 6.45) is 8.23. The highest BCUT2D eigenvalue weighted by Crippen LogP contribution is 2.62. The van der Waals surface area contributed by atoms with Gasteiger partial charge in [-0.15, -0.1) is 0 Å². The molecule has 120 valence electrons. The van der Waals surface area contributed by atoms with Crippen LogP contribution in [0.1, 0.15) is 31.4 Å². The van der Waals surface area contributed by atoms with Crippen LogP contribution in [0.5, 0.6) is 0 Å². The van der Waals surface area contributed by atoms with Gasteiger partial charge in [0.15, 0.2) is 5.96 Å². The quantitative estimate of drug-likeness (QED) is 0.659. The van der Waals surface area contributed by atoms with Crippen molar-refractivity contribution in [2.75, 3.05) is 20.2 Å². The summed E-state index contributed by atoms with van der Waals surface area (Å²) in [6.45, 7) is 1.76. The lowest BCUT2D eigenvalue weighted by molar-refractivity contribution is -0.171. The van der Waals surface area contributed by atoms with Crippen molar-refractivity contribution < 1.29 is 9.15 Å². The molecule has 2 saturated carbocycles. The van der Waals surface area contributed by atoms with Crippen molar-refractivity contribution >= 4 is 5.96 Å². The van der Waals surface area contributed by atoms with Gasteiger partial charge in [0.05, 0.1) is 12.4 Å². The Labute approximate surface area is 131 Å². The Hall–Kier alpha value is -1.49. The van der Waals surface area contributed by atoms with E-state index in [0.29, 0.717) is 23.5 Å². The molecule has 3 fully saturated rings. The molecule has 22 heavy (non-hydrogen) atoms. The molecule has 1 aliphatic heterocycles. The fraction of sp³-hybridized carbons (Fsp3) is 0.706. The summed E-state index contributed by atoms with van der Waals surface area (Å²) in [5.41, 5.74) is 0.389. The maximum atomic E-state index is 5.97. The predicted octanol–water partition coefficient (Wildman–Crippen LogP) is 1.94. The first kappa shape index (κ1) is 14.1. The fourth-order valence-electron chi connectivity index (χ4n) is 4.56. The van der Waals surface area contributed by atoms with Gasteiger partial charge in [-0.05, 0) is 31.4 Å². The molecule has 1 spiro atoms. The normalized spacial score (nSPS) is 32.2. The monoisotopic (exact) mass is 303 g/mol. The predicted molar refractivity (Wildman–Crippen MR) is 84.8 cm³/mol. The summed E-state index contributed by atoms with van der Waals surface area (Å²) in [7, 11) is 1.84. The van der Waals surface area contributed by atoms with Crippen molar-refractivity contribution in [3.8, 4) is 0 Å². The Morgan fingerprint density at radius 2 is 2.36 bits per heavy atom. The Morgan fingerprint density at radius 3 is 3.05 bits per heavy atom. The number of nitrogens with one attached hydrogen (secondary N) is 2. The summed E-state index contributed by atoms with van der Waals surface area (Å²) in [5, 5.41) is 7.09. The van der Waals surface area contributed by atoms with Crippen LogP contribution < -0.4 is 10.6 Å². The van der Waals surface area contributed by atoms with Gasteiger partial charge in [0.1, 0.15) is 5.76 Å². The molecule has 3 atom stereocenters. The molecule has 0 amide bonds. The standard InChI is InChI=1S/C17H25N3O2/c1-18-16(19-9-5-12-4-2-10-21-12)20-14-13-6-11-22-15(13)17(14)7-3-8-17/h2,4,10,13-15H,3,5-9,11H2,1H3,(H2,18,19,20). The summed E-state index contributed by atoms with van der Waals surface area (Å²) >= 11 is 0. The zero-order valence-electron chi connectivity index (χ0n) is 13.2. The highest BCUT2D eigenvalue weighted by molar-refractivity contribution is 5.80. The number of fused-ring (bicyclic) bond motifs is 2. The second-order valence-electron chi connectivity index (χ2n) is 6.78. The maximum Gasteiger partial charge on any atom is 0.191 e. The molecule has 2 N–H and O–H groups in total. The van der Waals surface area contributed by atoms with Crippen molar-refractivity contribution in [1.29, 1.82) is 0 Å². The zero-order valence-corrected chi connectivity index (χ0v) is 13.2. The number of ether oxygens (including phenoxy) is 1. The first-order valence-electron chi connectivity index (χ1n) is 8.45. The van der Waals surface area contributed by atoms with Crippen LogP contribution in [0.2, 0.25) is 0 Å². The van der Waals surface area contributed by atoms with E-state index in [-0.39, 0.29) is 0 Å².